The molecule has 0 saturated carbocycles. The van der Waals surface area contributed by atoms with Crippen molar-refractivity contribution >= 4 is 11.7 Å². The van der Waals surface area contributed by atoms with Crippen molar-refractivity contribution < 1.29 is 23.1 Å². The van der Waals surface area contributed by atoms with Crippen LogP contribution < -0.4 is 5.73 Å². The number of carboxylic acid groups (broad SMARTS) is 1. The van der Waals surface area contributed by atoms with Crippen molar-refractivity contribution in [1.82, 2.24) is 0 Å². The lowest BCUT2D eigenvalue weighted by Gasteiger charge is -2.10. The van der Waals surface area contributed by atoms with Crippen molar-refractivity contribution in [3.8, 4) is 0 Å². The molecule has 1 aromatic carbocycles. The number of benzene rings is 1. The van der Waals surface area contributed by atoms with Crippen molar-refractivity contribution in [3.63, 3.8) is 0 Å². The Labute approximate surface area is 89.7 Å². The van der Waals surface area contributed by atoms with Gasteiger partial charge in [-0.05, 0) is 30.2 Å². The summed E-state index contributed by atoms with van der Waals surface area (Å²) in [6.45, 7) is 0. The largest absolute Gasteiger partial charge is 0.481 e. The Kier molecular flexibility index (Phi) is 3.41. The van der Waals surface area contributed by atoms with Gasteiger partial charge in [0.1, 0.15) is 0 Å². The van der Waals surface area contributed by atoms with E-state index < -0.39 is 17.7 Å². The number of aryl methyl sites for hydroxylation is 1. The predicted molar refractivity (Wildman–Crippen MR) is 51.8 cm³/mol. The summed E-state index contributed by atoms with van der Waals surface area (Å²) in [5.41, 5.74) is 5.02. The van der Waals surface area contributed by atoms with Crippen LogP contribution in [0.5, 0.6) is 0 Å². The lowest BCUT2D eigenvalue weighted by atomic mass is 10.0. The molecule has 0 aliphatic rings. The molecule has 0 amide bonds. The van der Waals surface area contributed by atoms with E-state index in [2.05, 4.69) is 0 Å². The molecule has 0 aliphatic carbocycles. The van der Waals surface area contributed by atoms with Gasteiger partial charge < -0.3 is 10.8 Å². The van der Waals surface area contributed by atoms with Crippen LogP contribution in [0.4, 0.5) is 18.9 Å². The SMILES string of the molecule is Nc1ccc(C(F)(F)F)cc1CCC(=O)O. The summed E-state index contributed by atoms with van der Waals surface area (Å²) in [7, 11) is 0. The van der Waals surface area contributed by atoms with E-state index in [1.165, 1.54) is 0 Å². The van der Waals surface area contributed by atoms with Crippen LogP contribution >= 0.6 is 0 Å². The third kappa shape index (κ3) is 3.15. The topological polar surface area (TPSA) is 63.3 Å². The van der Waals surface area contributed by atoms with E-state index in [9.17, 15) is 18.0 Å². The van der Waals surface area contributed by atoms with Gasteiger partial charge in [0.05, 0.1) is 5.56 Å². The summed E-state index contributed by atoms with van der Waals surface area (Å²) in [6.07, 6.45) is -4.69. The maximum absolute atomic E-state index is 12.3. The van der Waals surface area contributed by atoms with Gasteiger partial charge in [-0.2, -0.15) is 13.2 Å². The molecule has 88 valence electrons. The van der Waals surface area contributed by atoms with Gasteiger partial charge >= 0.3 is 12.1 Å². The van der Waals surface area contributed by atoms with E-state index in [-0.39, 0.29) is 24.1 Å². The number of carbonyl (C=O) groups is 1. The lowest BCUT2D eigenvalue weighted by Crippen LogP contribution is -2.07. The van der Waals surface area contributed by atoms with Crippen LogP contribution in [0.1, 0.15) is 17.5 Å². The molecule has 0 fully saturated rings. The smallest absolute Gasteiger partial charge is 0.416 e. The third-order valence-corrected chi connectivity index (χ3v) is 2.08. The number of aliphatic carboxylic acids is 1. The number of nitrogens with two attached hydrogens (primary N) is 1. The zero-order chi connectivity index (χ0) is 12.3. The fourth-order valence-electron chi connectivity index (χ4n) is 1.24. The van der Waals surface area contributed by atoms with E-state index in [0.29, 0.717) is 0 Å². The summed E-state index contributed by atoms with van der Waals surface area (Å²) in [5.74, 6) is -1.07. The number of anilines is 1. The highest BCUT2D eigenvalue weighted by molar-refractivity contribution is 5.67. The van der Waals surface area contributed by atoms with E-state index >= 15 is 0 Å². The molecule has 0 aliphatic heterocycles. The molecule has 0 atom stereocenters. The molecule has 0 heterocycles. The van der Waals surface area contributed by atoms with Gasteiger partial charge in [-0.1, -0.05) is 0 Å². The molecule has 0 spiro atoms. The summed E-state index contributed by atoms with van der Waals surface area (Å²) >= 11 is 0. The Morgan fingerprint density at radius 3 is 2.50 bits per heavy atom. The van der Waals surface area contributed by atoms with E-state index in [1.54, 1.807) is 0 Å². The number of carboxylic acids is 1. The number of alkyl halides is 3. The molecule has 0 radical (unpaired) electrons. The van der Waals surface area contributed by atoms with Crippen LogP contribution in [0.15, 0.2) is 18.2 Å². The number of hydrogen-bond donors (Lipinski definition) is 2. The van der Waals surface area contributed by atoms with E-state index in [1.807, 2.05) is 0 Å². The van der Waals surface area contributed by atoms with Crippen molar-refractivity contribution in [1.29, 1.82) is 0 Å². The Morgan fingerprint density at radius 1 is 1.38 bits per heavy atom. The first-order valence-electron chi connectivity index (χ1n) is 4.48. The highest BCUT2D eigenvalue weighted by Gasteiger charge is 2.30. The minimum absolute atomic E-state index is 0.00884. The van der Waals surface area contributed by atoms with Gasteiger partial charge in [0.2, 0.25) is 0 Å². The minimum atomic E-state index is -4.44. The minimum Gasteiger partial charge on any atom is -0.481 e. The second-order valence-electron chi connectivity index (χ2n) is 3.31. The number of nitrogen functional groups attached to an aromatic ring is 1. The molecule has 1 aromatic rings. The predicted octanol–water partition coefficient (Wildman–Crippen LogP) is 2.30. The quantitative estimate of drug-likeness (QED) is 0.787. The third-order valence-electron chi connectivity index (χ3n) is 2.08. The fourth-order valence-corrected chi connectivity index (χ4v) is 1.24. The van der Waals surface area contributed by atoms with E-state index in [0.717, 1.165) is 18.2 Å². The van der Waals surface area contributed by atoms with E-state index in [4.69, 9.17) is 10.8 Å². The molecule has 0 bridgehead atoms. The van der Waals surface area contributed by atoms with Crippen molar-refractivity contribution in [3.05, 3.63) is 29.3 Å². The van der Waals surface area contributed by atoms with Crippen LogP contribution in [-0.4, -0.2) is 11.1 Å². The highest BCUT2D eigenvalue weighted by atomic mass is 19.4. The fraction of sp³-hybridized carbons (Fsp3) is 0.300. The van der Waals surface area contributed by atoms with Gasteiger partial charge in [-0.3, -0.25) is 4.79 Å². The van der Waals surface area contributed by atoms with Gasteiger partial charge in [-0.25, -0.2) is 0 Å². The van der Waals surface area contributed by atoms with Gasteiger partial charge in [0, 0.05) is 12.1 Å². The molecule has 6 heteroatoms. The number of halogens is 3. The Morgan fingerprint density at radius 2 is 2.00 bits per heavy atom. The molecular formula is C10H10F3NO2. The second-order valence-corrected chi connectivity index (χ2v) is 3.31. The standard InChI is InChI=1S/C10H10F3NO2/c11-10(12,13)7-2-3-8(14)6(5-7)1-4-9(15)16/h2-3,5H,1,4,14H2,(H,15,16). The summed E-state index contributed by atoms with van der Waals surface area (Å²) in [6, 6.07) is 2.90. The molecule has 3 N–H and O–H groups in total. The van der Waals surface area contributed by atoms with Crippen LogP contribution in [0.2, 0.25) is 0 Å². The van der Waals surface area contributed by atoms with Crippen molar-refractivity contribution in [2.24, 2.45) is 0 Å². The highest BCUT2D eigenvalue weighted by Crippen LogP contribution is 2.31. The molecule has 0 aromatic heterocycles. The average molecular weight is 233 g/mol. The van der Waals surface area contributed by atoms with Crippen LogP contribution in [-0.2, 0) is 17.4 Å². The molecule has 16 heavy (non-hydrogen) atoms. The van der Waals surface area contributed by atoms with Crippen LogP contribution in [0.3, 0.4) is 0 Å². The average Bonchev–Trinajstić information content (AvgIpc) is 2.14. The Bertz CT molecular complexity index is 402. The normalized spacial score (nSPS) is 11.4. The van der Waals surface area contributed by atoms with Gasteiger partial charge in [0.25, 0.3) is 0 Å². The maximum Gasteiger partial charge on any atom is 0.416 e. The van der Waals surface area contributed by atoms with Crippen molar-refractivity contribution in [2.45, 2.75) is 19.0 Å². The number of rotatable bonds is 3. The molecule has 0 unspecified atom stereocenters. The Balaban J connectivity index is 2.95. The molecular weight excluding hydrogens is 223 g/mol. The van der Waals surface area contributed by atoms with Crippen LogP contribution in [0, 0.1) is 0 Å². The summed E-state index contributed by atoms with van der Waals surface area (Å²) in [5, 5.41) is 8.43. The molecule has 1 rings (SSSR count). The second kappa shape index (κ2) is 4.42. The monoisotopic (exact) mass is 233 g/mol. The van der Waals surface area contributed by atoms with Crippen LogP contribution in [0.25, 0.3) is 0 Å². The number of hydrogen-bond acceptors (Lipinski definition) is 2. The maximum atomic E-state index is 12.3. The molecule has 3 nitrogen and oxygen atoms in total. The molecule has 0 saturated heterocycles. The summed E-state index contributed by atoms with van der Waals surface area (Å²) in [4.78, 5) is 10.3. The first kappa shape index (κ1) is 12.4. The zero-order valence-corrected chi connectivity index (χ0v) is 8.21. The summed E-state index contributed by atoms with van der Waals surface area (Å²) < 4.78 is 37.0. The first-order valence-corrected chi connectivity index (χ1v) is 4.48. The Hall–Kier alpha value is -1.72. The van der Waals surface area contributed by atoms with Gasteiger partial charge in [0.15, 0.2) is 0 Å². The lowest BCUT2D eigenvalue weighted by molar-refractivity contribution is -0.137. The zero-order valence-electron chi connectivity index (χ0n) is 8.21. The van der Waals surface area contributed by atoms with Gasteiger partial charge in [-0.15, -0.1) is 0 Å². The van der Waals surface area contributed by atoms with Crippen molar-refractivity contribution in [2.75, 3.05) is 5.73 Å². The first-order chi connectivity index (χ1) is 7.30.